The highest BCUT2D eigenvalue weighted by atomic mass is 16.7. The number of ketones is 1. The number of carbonyl (C=O) groups excluding carboxylic acids is 1. The minimum absolute atomic E-state index is 0.267. The summed E-state index contributed by atoms with van der Waals surface area (Å²) < 4.78 is 0. The number of hydroxylamine groups is 2. The van der Waals surface area contributed by atoms with Crippen molar-refractivity contribution in [3.8, 4) is 0 Å². The second kappa shape index (κ2) is 4.15. The van der Waals surface area contributed by atoms with Gasteiger partial charge >= 0.3 is 0 Å². The van der Waals surface area contributed by atoms with Gasteiger partial charge in [0, 0.05) is 19.4 Å². The molecule has 5 heteroatoms. The number of hydrogen-bond acceptors (Lipinski definition) is 5. The molecule has 0 bridgehead atoms. The number of benzene rings is 1. The maximum absolute atomic E-state index is 11.7. The van der Waals surface area contributed by atoms with Crippen molar-refractivity contribution in [2.75, 3.05) is 0 Å². The van der Waals surface area contributed by atoms with E-state index in [9.17, 15) is 10.0 Å². The van der Waals surface area contributed by atoms with Crippen LogP contribution in [0, 0.1) is 0 Å². The Bertz CT molecular complexity index is 570. The number of rotatable bonds is 1. The van der Waals surface area contributed by atoms with E-state index in [2.05, 4.69) is 11.2 Å². The van der Waals surface area contributed by atoms with Crippen molar-refractivity contribution in [2.45, 2.75) is 38.5 Å². The highest BCUT2D eigenvalue weighted by Crippen LogP contribution is 2.33. The standard InChI is InChI=1S/C14H16N2O3/c1-9(17)14(2)16(18)12-8-7-10-5-3-4-6-11(10)13(12)15-19-14/h3-6,12,18H,7-8H2,1-2H3/t12-,14+/m1/s1. The summed E-state index contributed by atoms with van der Waals surface area (Å²) in [5.74, 6) is -0.267. The third kappa shape index (κ3) is 1.69. The molecule has 3 rings (SSSR count). The summed E-state index contributed by atoms with van der Waals surface area (Å²) in [5, 5.41) is 15.4. The lowest BCUT2D eigenvalue weighted by molar-refractivity contribution is -0.280. The Morgan fingerprint density at radius 2 is 2.26 bits per heavy atom. The Morgan fingerprint density at radius 3 is 3.00 bits per heavy atom. The van der Waals surface area contributed by atoms with Crippen molar-refractivity contribution in [1.82, 2.24) is 5.06 Å². The summed E-state index contributed by atoms with van der Waals surface area (Å²) in [6.07, 6.45) is 1.57. The van der Waals surface area contributed by atoms with E-state index in [0.717, 1.165) is 23.5 Å². The van der Waals surface area contributed by atoms with Crippen molar-refractivity contribution in [3.05, 3.63) is 35.4 Å². The summed E-state index contributed by atoms with van der Waals surface area (Å²) in [6, 6.07) is 7.64. The Balaban J connectivity index is 2.06. The molecule has 1 heterocycles. The van der Waals surface area contributed by atoms with Crippen LogP contribution in [0.3, 0.4) is 0 Å². The molecule has 2 aliphatic rings. The highest BCUT2D eigenvalue weighted by molar-refractivity contribution is 6.07. The topological polar surface area (TPSA) is 62.1 Å². The van der Waals surface area contributed by atoms with Crippen molar-refractivity contribution >= 4 is 11.5 Å². The van der Waals surface area contributed by atoms with Crippen LogP contribution in [0.1, 0.15) is 31.4 Å². The number of aryl methyl sites for hydroxylation is 1. The van der Waals surface area contributed by atoms with E-state index in [1.165, 1.54) is 19.4 Å². The van der Waals surface area contributed by atoms with Gasteiger partial charge in [-0.2, -0.15) is 0 Å². The van der Waals surface area contributed by atoms with Gasteiger partial charge in [0.05, 0.1) is 6.04 Å². The van der Waals surface area contributed by atoms with Crippen LogP contribution in [0.5, 0.6) is 0 Å². The Hall–Kier alpha value is -1.72. The van der Waals surface area contributed by atoms with Crippen molar-refractivity contribution in [3.63, 3.8) is 0 Å². The van der Waals surface area contributed by atoms with Crippen LogP contribution >= 0.6 is 0 Å². The van der Waals surface area contributed by atoms with E-state index in [1.54, 1.807) is 0 Å². The summed E-state index contributed by atoms with van der Waals surface area (Å²) in [5.41, 5.74) is 1.49. The first-order chi connectivity index (χ1) is 9.04. The fourth-order valence-corrected chi connectivity index (χ4v) is 2.65. The number of carbonyl (C=O) groups is 1. The SMILES string of the molecule is CC(=O)[C@]1(C)ON=C2c3ccccc3CC[C@H]2N1O. The Kier molecular flexibility index (Phi) is 2.69. The van der Waals surface area contributed by atoms with Gasteiger partial charge in [0.25, 0.3) is 5.72 Å². The van der Waals surface area contributed by atoms with Crippen molar-refractivity contribution in [2.24, 2.45) is 5.16 Å². The Morgan fingerprint density at radius 1 is 1.53 bits per heavy atom. The largest absolute Gasteiger partial charge is 0.363 e. The maximum atomic E-state index is 11.7. The normalized spacial score (nSPS) is 29.8. The van der Waals surface area contributed by atoms with Crippen LogP contribution in [0.4, 0.5) is 0 Å². The fourth-order valence-electron chi connectivity index (χ4n) is 2.65. The highest BCUT2D eigenvalue weighted by Gasteiger charge is 2.49. The first kappa shape index (κ1) is 12.3. The lowest BCUT2D eigenvalue weighted by Crippen LogP contribution is -2.61. The number of Topliss-reactive ketones (excluding diaryl/α,β-unsaturated/α-hetero) is 1. The van der Waals surface area contributed by atoms with Crippen molar-refractivity contribution in [1.29, 1.82) is 0 Å². The summed E-state index contributed by atoms with van der Waals surface area (Å²) in [7, 11) is 0. The number of nitrogens with zero attached hydrogens (tertiary/aromatic N) is 2. The van der Waals surface area contributed by atoms with Crippen LogP contribution in [-0.4, -0.2) is 33.5 Å². The molecule has 5 nitrogen and oxygen atoms in total. The molecule has 1 aromatic rings. The van der Waals surface area contributed by atoms with Crippen LogP contribution < -0.4 is 0 Å². The van der Waals surface area contributed by atoms with Gasteiger partial charge in [-0.1, -0.05) is 29.4 Å². The number of hydrogen-bond donors (Lipinski definition) is 1. The minimum atomic E-state index is -1.39. The molecule has 0 radical (unpaired) electrons. The van der Waals surface area contributed by atoms with E-state index >= 15 is 0 Å². The maximum Gasteiger partial charge on any atom is 0.268 e. The number of fused-ring (bicyclic) bond motifs is 3. The quantitative estimate of drug-likeness (QED) is 0.835. The zero-order chi connectivity index (χ0) is 13.6. The zero-order valence-corrected chi connectivity index (χ0v) is 11.0. The third-order valence-corrected chi connectivity index (χ3v) is 4.00. The lowest BCUT2D eigenvalue weighted by atomic mass is 9.85. The van der Waals surface area contributed by atoms with Gasteiger partial charge in [-0.15, -0.1) is 5.06 Å². The molecule has 19 heavy (non-hydrogen) atoms. The Labute approximate surface area is 111 Å². The van der Waals surface area contributed by atoms with Gasteiger partial charge in [-0.3, -0.25) is 4.79 Å². The lowest BCUT2D eigenvalue weighted by Gasteiger charge is -2.43. The predicted octanol–water partition coefficient (Wildman–Crippen LogP) is 1.73. The van der Waals surface area contributed by atoms with E-state index < -0.39 is 5.72 Å². The van der Waals surface area contributed by atoms with Gasteiger partial charge in [-0.25, -0.2) is 0 Å². The molecule has 0 aromatic heterocycles. The molecule has 1 aliphatic carbocycles. The van der Waals surface area contributed by atoms with Crippen LogP contribution in [-0.2, 0) is 16.1 Å². The number of oxime groups is 1. The molecular formula is C14H16N2O3. The second-order valence-electron chi connectivity index (χ2n) is 5.16. The molecule has 0 spiro atoms. The van der Waals surface area contributed by atoms with Gasteiger partial charge < -0.3 is 10.0 Å². The molecule has 100 valence electrons. The molecule has 0 unspecified atom stereocenters. The average molecular weight is 260 g/mol. The van der Waals surface area contributed by atoms with E-state index in [4.69, 9.17) is 4.84 Å². The first-order valence-electron chi connectivity index (χ1n) is 6.37. The fraction of sp³-hybridized carbons (Fsp3) is 0.429. The summed E-state index contributed by atoms with van der Waals surface area (Å²) in [6.45, 7) is 2.93. The molecular weight excluding hydrogens is 244 g/mol. The van der Waals surface area contributed by atoms with E-state index in [0.29, 0.717) is 5.71 Å². The van der Waals surface area contributed by atoms with Crippen LogP contribution in [0.2, 0.25) is 0 Å². The molecule has 1 N–H and O–H groups in total. The summed E-state index contributed by atoms with van der Waals surface area (Å²) in [4.78, 5) is 16.9. The van der Waals surface area contributed by atoms with E-state index in [1.807, 2.05) is 18.2 Å². The van der Waals surface area contributed by atoms with Crippen LogP contribution in [0.25, 0.3) is 0 Å². The third-order valence-electron chi connectivity index (χ3n) is 4.00. The van der Waals surface area contributed by atoms with E-state index in [-0.39, 0.29) is 11.8 Å². The van der Waals surface area contributed by atoms with Crippen LogP contribution in [0.15, 0.2) is 29.4 Å². The molecule has 0 amide bonds. The van der Waals surface area contributed by atoms with Gasteiger partial charge in [0.2, 0.25) is 0 Å². The summed E-state index contributed by atoms with van der Waals surface area (Å²) >= 11 is 0. The molecule has 0 fully saturated rings. The van der Waals surface area contributed by atoms with Crippen molar-refractivity contribution < 1.29 is 14.8 Å². The predicted molar refractivity (Wildman–Crippen MR) is 68.9 cm³/mol. The van der Waals surface area contributed by atoms with Gasteiger partial charge in [0.15, 0.2) is 5.78 Å². The molecule has 1 aromatic carbocycles. The second-order valence-corrected chi connectivity index (χ2v) is 5.16. The van der Waals surface area contributed by atoms with Gasteiger partial charge in [0.1, 0.15) is 5.71 Å². The smallest absolute Gasteiger partial charge is 0.268 e. The molecule has 2 atom stereocenters. The molecule has 0 saturated carbocycles. The minimum Gasteiger partial charge on any atom is -0.363 e. The molecule has 0 saturated heterocycles. The monoisotopic (exact) mass is 260 g/mol. The first-order valence-corrected chi connectivity index (χ1v) is 6.37. The van der Waals surface area contributed by atoms with Gasteiger partial charge in [-0.05, 0) is 18.4 Å². The zero-order valence-electron chi connectivity index (χ0n) is 11.0. The average Bonchev–Trinajstić information content (AvgIpc) is 2.42. The molecule has 1 aliphatic heterocycles.